The summed E-state index contributed by atoms with van der Waals surface area (Å²) in [6.45, 7) is 8.23. The maximum absolute atomic E-state index is 13.5. The molecule has 0 fully saturated rings. The summed E-state index contributed by atoms with van der Waals surface area (Å²) in [5.74, 6) is 0.708. The number of hydrogen-bond acceptors (Lipinski definition) is 1. The summed E-state index contributed by atoms with van der Waals surface area (Å²) in [6, 6.07) is 3.20. The van der Waals surface area contributed by atoms with Crippen LogP contribution in [0.3, 0.4) is 0 Å². The van der Waals surface area contributed by atoms with E-state index in [1.165, 1.54) is 6.07 Å². The lowest BCUT2D eigenvalue weighted by Crippen LogP contribution is -2.15. The highest BCUT2D eigenvalue weighted by Crippen LogP contribution is 2.33. The van der Waals surface area contributed by atoms with E-state index in [0.717, 1.165) is 11.3 Å². The molecule has 0 bridgehead atoms. The summed E-state index contributed by atoms with van der Waals surface area (Å²) in [6.07, 6.45) is 0. The molecule has 0 radical (unpaired) electrons. The SMILES string of the molecule is CC(Cl)c1nc2cc(F)c(Cl)cc2n1C(C)C(C)C. The van der Waals surface area contributed by atoms with Gasteiger partial charge in [0.15, 0.2) is 0 Å². The molecule has 1 aromatic carbocycles. The number of fused-ring (bicyclic) bond motifs is 1. The Balaban J connectivity index is 2.76. The first-order valence-electron chi connectivity index (χ1n) is 6.33. The van der Waals surface area contributed by atoms with Gasteiger partial charge in [-0.2, -0.15) is 0 Å². The number of halogens is 3. The zero-order valence-electron chi connectivity index (χ0n) is 11.4. The Morgan fingerprint density at radius 1 is 1.21 bits per heavy atom. The Bertz CT molecular complexity index is 605. The van der Waals surface area contributed by atoms with Crippen molar-refractivity contribution in [3.8, 4) is 0 Å². The fourth-order valence-electron chi connectivity index (χ4n) is 2.12. The Labute approximate surface area is 122 Å². The Morgan fingerprint density at radius 3 is 2.37 bits per heavy atom. The Morgan fingerprint density at radius 2 is 1.84 bits per heavy atom. The van der Waals surface area contributed by atoms with Crippen LogP contribution >= 0.6 is 23.2 Å². The standard InChI is InChI=1S/C14H17Cl2FN2/c1-7(2)9(4)19-13-5-10(16)11(17)6-12(13)18-14(19)8(3)15/h5-9H,1-4H3. The smallest absolute Gasteiger partial charge is 0.144 e. The number of alkyl halides is 1. The molecule has 2 aromatic rings. The average molecular weight is 303 g/mol. The predicted octanol–water partition coefficient (Wildman–Crippen LogP) is 5.35. The van der Waals surface area contributed by atoms with Gasteiger partial charge < -0.3 is 4.57 Å². The number of benzene rings is 1. The van der Waals surface area contributed by atoms with Crippen molar-refractivity contribution in [2.75, 3.05) is 0 Å². The number of imidazole rings is 1. The number of rotatable bonds is 3. The third-order valence-corrected chi connectivity index (χ3v) is 3.97. The van der Waals surface area contributed by atoms with Crippen LogP contribution in [0.25, 0.3) is 11.0 Å². The minimum atomic E-state index is -0.454. The molecule has 0 aliphatic rings. The molecular weight excluding hydrogens is 286 g/mol. The molecule has 5 heteroatoms. The normalized spacial score (nSPS) is 15.2. The molecule has 104 valence electrons. The highest BCUT2D eigenvalue weighted by molar-refractivity contribution is 6.31. The van der Waals surface area contributed by atoms with Gasteiger partial charge in [-0.25, -0.2) is 9.37 Å². The first-order valence-corrected chi connectivity index (χ1v) is 7.15. The molecule has 0 N–H and O–H groups in total. The van der Waals surface area contributed by atoms with Gasteiger partial charge in [-0.3, -0.25) is 0 Å². The first-order chi connectivity index (χ1) is 8.82. The van der Waals surface area contributed by atoms with E-state index in [-0.39, 0.29) is 16.4 Å². The Hall–Kier alpha value is -0.800. The molecule has 0 saturated heterocycles. The number of nitrogens with zero attached hydrogens (tertiary/aromatic N) is 2. The van der Waals surface area contributed by atoms with Crippen LogP contribution in [0.5, 0.6) is 0 Å². The second-order valence-corrected chi connectivity index (χ2v) is 6.26. The van der Waals surface area contributed by atoms with Crippen molar-refractivity contribution < 1.29 is 4.39 Å². The fourth-order valence-corrected chi connectivity index (χ4v) is 2.43. The van der Waals surface area contributed by atoms with E-state index >= 15 is 0 Å². The summed E-state index contributed by atoms with van der Waals surface area (Å²) in [5.41, 5.74) is 1.42. The minimum Gasteiger partial charge on any atom is -0.324 e. The molecule has 2 nitrogen and oxygen atoms in total. The van der Waals surface area contributed by atoms with E-state index in [4.69, 9.17) is 23.2 Å². The highest BCUT2D eigenvalue weighted by atomic mass is 35.5. The van der Waals surface area contributed by atoms with E-state index in [1.807, 2.05) is 6.92 Å². The van der Waals surface area contributed by atoms with Crippen molar-refractivity contribution in [3.63, 3.8) is 0 Å². The second-order valence-electron chi connectivity index (χ2n) is 5.20. The lowest BCUT2D eigenvalue weighted by atomic mass is 10.1. The molecule has 2 rings (SSSR count). The van der Waals surface area contributed by atoms with Gasteiger partial charge in [-0.15, -0.1) is 11.6 Å². The average Bonchev–Trinajstić information content (AvgIpc) is 2.67. The lowest BCUT2D eigenvalue weighted by molar-refractivity contribution is 0.405. The zero-order valence-corrected chi connectivity index (χ0v) is 12.9. The third kappa shape index (κ3) is 2.59. The van der Waals surface area contributed by atoms with Gasteiger partial charge in [0, 0.05) is 12.1 Å². The van der Waals surface area contributed by atoms with E-state index in [0.29, 0.717) is 11.4 Å². The molecule has 2 atom stereocenters. The van der Waals surface area contributed by atoms with E-state index < -0.39 is 5.82 Å². The highest BCUT2D eigenvalue weighted by Gasteiger charge is 2.22. The third-order valence-electron chi connectivity index (χ3n) is 3.49. The van der Waals surface area contributed by atoms with E-state index in [1.54, 1.807) is 6.07 Å². The van der Waals surface area contributed by atoms with Crippen LogP contribution in [0.1, 0.15) is 44.9 Å². The van der Waals surface area contributed by atoms with Gasteiger partial charge in [0.2, 0.25) is 0 Å². The van der Waals surface area contributed by atoms with Crippen LogP contribution in [-0.4, -0.2) is 9.55 Å². The van der Waals surface area contributed by atoms with E-state index in [2.05, 4.69) is 30.3 Å². The van der Waals surface area contributed by atoms with Crippen molar-refractivity contribution in [1.82, 2.24) is 9.55 Å². The summed E-state index contributed by atoms with van der Waals surface area (Å²) >= 11 is 12.1. The molecule has 0 spiro atoms. The molecule has 1 aromatic heterocycles. The summed E-state index contributed by atoms with van der Waals surface area (Å²) in [5, 5.41) is -0.131. The lowest BCUT2D eigenvalue weighted by Gasteiger charge is -2.22. The summed E-state index contributed by atoms with van der Waals surface area (Å²) in [4.78, 5) is 4.45. The Kier molecular flexibility index (Phi) is 4.07. The van der Waals surface area contributed by atoms with Gasteiger partial charge in [0.1, 0.15) is 11.6 Å². The minimum absolute atomic E-state index is 0.110. The van der Waals surface area contributed by atoms with Crippen LogP contribution in [0, 0.1) is 11.7 Å². The van der Waals surface area contributed by atoms with Gasteiger partial charge in [-0.05, 0) is 25.8 Å². The quantitative estimate of drug-likeness (QED) is 0.699. The molecule has 0 aliphatic carbocycles. The molecule has 0 saturated carbocycles. The van der Waals surface area contributed by atoms with Crippen molar-refractivity contribution >= 4 is 34.2 Å². The van der Waals surface area contributed by atoms with Gasteiger partial charge >= 0.3 is 0 Å². The molecule has 0 amide bonds. The van der Waals surface area contributed by atoms with Gasteiger partial charge in [0.05, 0.1) is 21.4 Å². The van der Waals surface area contributed by atoms with Crippen LogP contribution in [0.15, 0.2) is 12.1 Å². The summed E-state index contributed by atoms with van der Waals surface area (Å²) in [7, 11) is 0. The summed E-state index contributed by atoms with van der Waals surface area (Å²) < 4.78 is 15.6. The van der Waals surface area contributed by atoms with Crippen LogP contribution in [0.2, 0.25) is 5.02 Å². The molecule has 2 unspecified atom stereocenters. The van der Waals surface area contributed by atoms with E-state index in [9.17, 15) is 4.39 Å². The number of aromatic nitrogens is 2. The van der Waals surface area contributed by atoms with Crippen LogP contribution in [-0.2, 0) is 0 Å². The molecule has 1 heterocycles. The van der Waals surface area contributed by atoms with Crippen LogP contribution in [0.4, 0.5) is 4.39 Å². The molecule has 19 heavy (non-hydrogen) atoms. The second kappa shape index (κ2) is 5.29. The maximum atomic E-state index is 13.5. The van der Waals surface area contributed by atoms with Gasteiger partial charge in [0.25, 0.3) is 0 Å². The topological polar surface area (TPSA) is 17.8 Å². The molecular formula is C14H17Cl2FN2. The maximum Gasteiger partial charge on any atom is 0.144 e. The first kappa shape index (κ1) is 14.6. The van der Waals surface area contributed by atoms with Gasteiger partial charge in [-0.1, -0.05) is 25.4 Å². The van der Waals surface area contributed by atoms with Crippen molar-refractivity contribution in [1.29, 1.82) is 0 Å². The van der Waals surface area contributed by atoms with Crippen molar-refractivity contribution in [2.24, 2.45) is 5.92 Å². The number of hydrogen-bond donors (Lipinski definition) is 0. The van der Waals surface area contributed by atoms with Crippen LogP contribution < -0.4 is 0 Å². The molecule has 0 aliphatic heterocycles. The largest absolute Gasteiger partial charge is 0.324 e. The zero-order chi connectivity index (χ0) is 14.3. The monoisotopic (exact) mass is 302 g/mol. The van der Waals surface area contributed by atoms with Crippen molar-refractivity contribution in [2.45, 2.75) is 39.1 Å². The van der Waals surface area contributed by atoms with Crippen molar-refractivity contribution in [3.05, 3.63) is 28.8 Å². The fraction of sp³-hybridized carbons (Fsp3) is 0.500. The predicted molar refractivity (Wildman–Crippen MR) is 78.5 cm³/mol.